The number of amides is 1. The molecule has 0 spiro atoms. The molecule has 6 nitrogen and oxygen atoms in total. The predicted molar refractivity (Wildman–Crippen MR) is 75.3 cm³/mol. The third kappa shape index (κ3) is 2.96. The van der Waals surface area contributed by atoms with Gasteiger partial charge in [-0.25, -0.2) is 9.48 Å². The maximum absolute atomic E-state index is 12.4. The van der Waals surface area contributed by atoms with Crippen molar-refractivity contribution in [2.75, 3.05) is 0 Å². The number of hydrogen-bond donors (Lipinski definition) is 1. The number of aromatic nitrogens is 3. The van der Waals surface area contributed by atoms with Gasteiger partial charge in [0.25, 0.3) is 5.91 Å². The second kappa shape index (κ2) is 5.73. The van der Waals surface area contributed by atoms with Crippen LogP contribution in [-0.4, -0.2) is 31.6 Å². The van der Waals surface area contributed by atoms with Crippen LogP contribution in [-0.2, 0) is 13.6 Å². The molecule has 0 fully saturated rings. The molecule has 0 unspecified atom stereocenters. The standard InChI is InChI=1S/C14H18N4O2/c1-10(2)18(9-11-7-5-4-6-8-11)13(19)12-15-14(20)17(3)16-12/h4-8,10H,9H2,1-3H3,(H,15,16,20). The lowest BCUT2D eigenvalue weighted by molar-refractivity contribution is 0.0677. The Morgan fingerprint density at radius 3 is 2.50 bits per heavy atom. The number of hydrogen-bond acceptors (Lipinski definition) is 3. The van der Waals surface area contributed by atoms with E-state index in [-0.39, 0.29) is 17.8 Å². The van der Waals surface area contributed by atoms with Gasteiger partial charge in [-0.2, -0.15) is 0 Å². The van der Waals surface area contributed by atoms with E-state index in [1.165, 1.54) is 7.05 Å². The molecule has 1 N–H and O–H groups in total. The van der Waals surface area contributed by atoms with Gasteiger partial charge in [0, 0.05) is 19.6 Å². The SMILES string of the molecule is CC(C)N(Cc1ccccc1)C(=O)c1nn(C)c(=O)[nH]1. The first-order valence-electron chi connectivity index (χ1n) is 6.47. The third-order valence-corrected chi connectivity index (χ3v) is 3.05. The number of carbonyl (C=O) groups is 1. The quantitative estimate of drug-likeness (QED) is 0.909. The number of benzene rings is 1. The van der Waals surface area contributed by atoms with Crippen LogP contribution in [0.1, 0.15) is 30.0 Å². The molecule has 6 heteroatoms. The van der Waals surface area contributed by atoms with Crippen molar-refractivity contribution in [2.45, 2.75) is 26.4 Å². The Labute approximate surface area is 117 Å². The summed E-state index contributed by atoms with van der Waals surface area (Å²) in [6.45, 7) is 4.35. The smallest absolute Gasteiger partial charge is 0.329 e. The second-order valence-corrected chi connectivity index (χ2v) is 4.91. The van der Waals surface area contributed by atoms with E-state index in [1.807, 2.05) is 44.2 Å². The zero-order valence-electron chi connectivity index (χ0n) is 11.8. The van der Waals surface area contributed by atoms with Gasteiger partial charge in [0.05, 0.1) is 0 Å². The summed E-state index contributed by atoms with van der Waals surface area (Å²) in [4.78, 5) is 27.9. The van der Waals surface area contributed by atoms with Crippen LogP contribution in [0.2, 0.25) is 0 Å². The van der Waals surface area contributed by atoms with Crippen molar-refractivity contribution >= 4 is 5.91 Å². The lowest BCUT2D eigenvalue weighted by Crippen LogP contribution is -2.37. The zero-order chi connectivity index (χ0) is 14.7. The highest BCUT2D eigenvalue weighted by Crippen LogP contribution is 2.10. The molecule has 0 bridgehead atoms. The van der Waals surface area contributed by atoms with Gasteiger partial charge >= 0.3 is 5.69 Å². The molecular weight excluding hydrogens is 256 g/mol. The molecule has 0 atom stereocenters. The lowest BCUT2D eigenvalue weighted by Gasteiger charge is -2.25. The van der Waals surface area contributed by atoms with E-state index in [4.69, 9.17) is 0 Å². The van der Waals surface area contributed by atoms with E-state index in [9.17, 15) is 9.59 Å². The first-order chi connectivity index (χ1) is 9.49. The van der Waals surface area contributed by atoms with Crippen molar-refractivity contribution in [3.05, 3.63) is 52.2 Å². The second-order valence-electron chi connectivity index (χ2n) is 4.91. The number of aromatic amines is 1. The number of nitrogens with zero attached hydrogens (tertiary/aromatic N) is 3. The number of H-pyrrole nitrogens is 1. The Morgan fingerprint density at radius 2 is 2.00 bits per heavy atom. The molecule has 0 aliphatic carbocycles. The molecule has 1 amide bonds. The molecule has 1 heterocycles. The average Bonchev–Trinajstić information content (AvgIpc) is 2.76. The summed E-state index contributed by atoms with van der Waals surface area (Å²) in [6, 6.07) is 9.73. The van der Waals surface area contributed by atoms with Crippen molar-refractivity contribution < 1.29 is 4.79 Å². The average molecular weight is 274 g/mol. The lowest BCUT2D eigenvalue weighted by atomic mass is 10.2. The predicted octanol–water partition coefficient (Wildman–Crippen LogP) is 1.16. The molecular formula is C14H18N4O2. The Balaban J connectivity index is 2.24. The van der Waals surface area contributed by atoms with Gasteiger partial charge in [-0.05, 0) is 19.4 Å². The first-order valence-corrected chi connectivity index (χ1v) is 6.47. The van der Waals surface area contributed by atoms with Crippen LogP contribution in [0.15, 0.2) is 35.1 Å². The number of rotatable bonds is 4. The molecule has 1 aromatic heterocycles. The molecule has 20 heavy (non-hydrogen) atoms. The highest BCUT2D eigenvalue weighted by molar-refractivity contribution is 5.90. The fraction of sp³-hybridized carbons (Fsp3) is 0.357. The number of nitrogens with one attached hydrogen (secondary N) is 1. The van der Waals surface area contributed by atoms with Gasteiger partial charge in [-0.1, -0.05) is 30.3 Å². The molecule has 0 aliphatic rings. The summed E-state index contributed by atoms with van der Waals surface area (Å²) >= 11 is 0. The Kier molecular flexibility index (Phi) is 4.02. The summed E-state index contributed by atoms with van der Waals surface area (Å²) in [7, 11) is 1.51. The zero-order valence-corrected chi connectivity index (χ0v) is 11.8. The van der Waals surface area contributed by atoms with Crippen molar-refractivity contribution in [3.63, 3.8) is 0 Å². The van der Waals surface area contributed by atoms with Gasteiger partial charge in [-0.15, -0.1) is 5.10 Å². The summed E-state index contributed by atoms with van der Waals surface area (Å²) < 4.78 is 1.12. The monoisotopic (exact) mass is 274 g/mol. The number of carbonyl (C=O) groups excluding carboxylic acids is 1. The number of aryl methyl sites for hydroxylation is 1. The molecule has 2 rings (SSSR count). The summed E-state index contributed by atoms with van der Waals surface area (Å²) in [5.41, 5.74) is 0.643. The van der Waals surface area contributed by atoms with E-state index in [2.05, 4.69) is 10.1 Å². The van der Waals surface area contributed by atoms with Crippen molar-refractivity contribution in [2.24, 2.45) is 7.05 Å². The van der Waals surface area contributed by atoms with E-state index in [1.54, 1.807) is 4.90 Å². The van der Waals surface area contributed by atoms with Crippen molar-refractivity contribution in [1.82, 2.24) is 19.7 Å². The molecule has 0 aliphatic heterocycles. The van der Waals surface area contributed by atoms with Crippen molar-refractivity contribution in [3.8, 4) is 0 Å². The molecule has 1 aromatic carbocycles. The van der Waals surface area contributed by atoms with Crippen LogP contribution in [0.5, 0.6) is 0 Å². The third-order valence-electron chi connectivity index (χ3n) is 3.05. The van der Waals surface area contributed by atoms with Crippen LogP contribution < -0.4 is 5.69 Å². The summed E-state index contributed by atoms with van der Waals surface area (Å²) in [6.07, 6.45) is 0. The minimum Gasteiger partial charge on any atom is -0.329 e. The van der Waals surface area contributed by atoms with Gasteiger partial charge in [0.1, 0.15) is 0 Å². The molecule has 0 saturated carbocycles. The van der Waals surface area contributed by atoms with Crippen LogP contribution in [0.4, 0.5) is 0 Å². The molecule has 0 radical (unpaired) electrons. The topological polar surface area (TPSA) is 71.0 Å². The van der Waals surface area contributed by atoms with Crippen LogP contribution in [0.3, 0.4) is 0 Å². The Morgan fingerprint density at radius 1 is 1.35 bits per heavy atom. The van der Waals surface area contributed by atoms with E-state index in [0.29, 0.717) is 6.54 Å². The maximum Gasteiger partial charge on any atom is 0.343 e. The minimum atomic E-state index is -0.392. The van der Waals surface area contributed by atoms with E-state index in [0.717, 1.165) is 10.2 Å². The Bertz CT molecular complexity index is 643. The Hall–Kier alpha value is -2.37. The van der Waals surface area contributed by atoms with Gasteiger partial charge in [0.2, 0.25) is 5.82 Å². The van der Waals surface area contributed by atoms with Crippen molar-refractivity contribution in [1.29, 1.82) is 0 Å². The van der Waals surface area contributed by atoms with E-state index >= 15 is 0 Å². The molecule has 2 aromatic rings. The highest BCUT2D eigenvalue weighted by atomic mass is 16.2. The minimum absolute atomic E-state index is 0.00761. The molecule has 106 valence electrons. The fourth-order valence-corrected chi connectivity index (χ4v) is 1.90. The summed E-state index contributed by atoms with van der Waals surface area (Å²) in [5, 5.41) is 3.91. The van der Waals surface area contributed by atoms with Crippen LogP contribution >= 0.6 is 0 Å². The maximum atomic E-state index is 12.4. The summed E-state index contributed by atoms with van der Waals surface area (Å²) in [5.74, 6) is -0.205. The van der Waals surface area contributed by atoms with Gasteiger partial charge < -0.3 is 4.90 Å². The molecule has 0 saturated heterocycles. The van der Waals surface area contributed by atoms with Gasteiger partial charge in [-0.3, -0.25) is 9.78 Å². The first kappa shape index (κ1) is 14.0. The van der Waals surface area contributed by atoms with Gasteiger partial charge in [0.15, 0.2) is 0 Å². The fourth-order valence-electron chi connectivity index (χ4n) is 1.90. The van der Waals surface area contributed by atoms with Crippen LogP contribution in [0.25, 0.3) is 0 Å². The van der Waals surface area contributed by atoms with E-state index < -0.39 is 5.69 Å². The normalized spacial score (nSPS) is 10.8. The van der Waals surface area contributed by atoms with Crippen LogP contribution in [0, 0.1) is 0 Å². The largest absolute Gasteiger partial charge is 0.343 e. The highest BCUT2D eigenvalue weighted by Gasteiger charge is 2.22.